The Kier molecular flexibility index (Phi) is 6.51. The van der Waals surface area contributed by atoms with E-state index in [4.69, 9.17) is 4.98 Å². The van der Waals surface area contributed by atoms with Crippen LogP contribution in [0.15, 0.2) is 182 Å². The van der Waals surface area contributed by atoms with Gasteiger partial charge in [0.05, 0.1) is 16.7 Å². The van der Waals surface area contributed by atoms with E-state index >= 15 is 0 Å². The van der Waals surface area contributed by atoms with Crippen molar-refractivity contribution in [3.63, 3.8) is 0 Å². The first-order valence-electron chi connectivity index (χ1n) is 15.1. The quantitative estimate of drug-likeness (QED) is 0.150. The smallest absolute Gasteiger partial charge is 0.179 e. The molecular weight excluding hydrogens is 549 g/mol. The van der Waals surface area contributed by atoms with Crippen LogP contribution in [-0.4, -0.2) is 17.6 Å². The number of hydrogen-bond donors (Lipinski definition) is 0. The highest BCUT2D eigenvalue weighted by molar-refractivity contribution is 7.20. The lowest BCUT2D eigenvalue weighted by atomic mass is 10.1. The van der Waals surface area contributed by atoms with Crippen molar-refractivity contribution in [3.05, 3.63) is 182 Å². The molecule has 0 N–H and O–H groups in total. The first-order chi connectivity index (χ1) is 21.8. The van der Waals surface area contributed by atoms with E-state index in [0.717, 1.165) is 11.3 Å². The van der Waals surface area contributed by atoms with Gasteiger partial charge in [0, 0.05) is 28.2 Å². The van der Waals surface area contributed by atoms with E-state index in [1.54, 1.807) is 0 Å². The highest BCUT2D eigenvalue weighted by atomic mass is 28.3. The molecule has 44 heavy (non-hydrogen) atoms. The maximum Gasteiger partial charge on any atom is 0.179 e. The van der Waals surface area contributed by atoms with Crippen LogP contribution in [0.2, 0.25) is 0 Å². The van der Waals surface area contributed by atoms with Crippen molar-refractivity contribution >= 4 is 50.6 Å². The molecule has 0 spiro atoms. The van der Waals surface area contributed by atoms with E-state index in [9.17, 15) is 0 Å². The Morgan fingerprint density at radius 2 is 0.955 bits per heavy atom. The highest BCUT2D eigenvalue weighted by Gasteiger charge is 2.42. The van der Waals surface area contributed by atoms with Gasteiger partial charge in [-0.25, -0.2) is 0 Å². The van der Waals surface area contributed by atoms with Gasteiger partial charge in [-0.2, -0.15) is 0 Å². The lowest BCUT2D eigenvalue weighted by molar-refractivity contribution is 1.18. The third kappa shape index (κ3) is 4.21. The first kappa shape index (κ1) is 26.1. The molecule has 0 amide bonds. The minimum absolute atomic E-state index is 0.994. The average Bonchev–Trinajstić information content (AvgIpc) is 3.44. The van der Waals surface area contributed by atoms with E-state index in [0.29, 0.717) is 0 Å². The average molecular weight is 579 g/mol. The van der Waals surface area contributed by atoms with Crippen molar-refractivity contribution < 1.29 is 0 Å². The van der Waals surface area contributed by atoms with E-state index in [1.165, 1.54) is 48.2 Å². The lowest BCUT2D eigenvalue weighted by Gasteiger charge is -2.34. The number of para-hydroxylation sites is 2. The van der Waals surface area contributed by atoms with E-state index in [1.807, 2.05) is 6.20 Å². The van der Waals surface area contributed by atoms with Gasteiger partial charge in [0.15, 0.2) is 8.07 Å². The Morgan fingerprint density at radius 3 is 1.64 bits per heavy atom. The molecule has 0 aliphatic rings. The molecule has 6 aromatic carbocycles. The van der Waals surface area contributed by atoms with Crippen molar-refractivity contribution in [2.24, 2.45) is 0 Å². The molecule has 3 heteroatoms. The van der Waals surface area contributed by atoms with E-state index in [2.05, 4.69) is 180 Å². The van der Waals surface area contributed by atoms with Gasteiger partial charge in [0.2, 0.25) is 0 Å². The number of nitrogens with zero attached hydrogens (tertiary/aromatic N) is 2. The number of pyridine rings is 1. The summed E-state index contributed by atoms with van der Waals surface area (Å²) in [5.74, 6) is 0. The number of fused-ring (bicyclic) bond motifs is 3. The van der Waals surface area contributed by atoms with Crippen LogP contribution < -0.4 is 20.7 Å². The molecule has 0 radical (unpaired) electrons. The minimum Gasteiger partial charge on any atom is -0.309 e. The predicted octanol–water partition coefficient (Wildman–Crippen LogP) is 7.22. The van der Waals surface area contributed by atoms with Crippen molar-refractivity contribution in [1.82, 2.24) is 9.55 Å². The number of benzene rings is 6. The van der Waals surface area contributed by atoms with Gasteiger partial charge in [0.25, 0.3) is 0 Å². The molecule has 0 saturated heterocycles. The summed E-state index contributed by atoms with van der Waals surface area (Å²) >= 11 is 0. The molecule has 0 aliphatic carbocycles. The summed E-state index contributed by atoms with van der Waals surface area (Å²) in [7, 11) is -2.79. The highest BCUT2D eigenvalue weighted by Crippen LogP contribution is 2.32. The summed E-state index contributed by atoms with van der Waals surface area (Å²) in [5.41, 5.74) is 5.72. The van der Waals surface area contributed by atoms with Crippen molar-refractivity contribution in [2.45, 2.75) is 0 Å². The summed E-state index contributed by atoms with van der Waals surface area (Å²) in [6.07, 6.45) is 1.99. The molecule has 0 saturated carbocycles. The molecule has 208 valence electrons. The summed E-state index contributed by atoms with van der Waals surface area (Å²) in [6.45, 7) is 0. The molecule has 0 aliphatic heterocycles. The molecule has 2 aromatic heterocycles. The molecule has 2 nitrogen and oxygen atoms in total. The monoisotopic (exact) mass is 578 g/mol. The van der Waals surface area contributed by atoms with Gasteiger partial charge in [-0.05, 0) is 57.1 Å². The minimum atomic E-state index is -2.79. The maximum absolute atomic E-state index is 4.85. The molecule has 0 bridgehead atoms. The Bertz CT molecular complexity index is 2170. The van der Waals surface area contributed by atoms with Crippen LogP contribution in [0, 0.1) is 0 Å². The summed E-state index contributed by atoms with van der Waals surface area (Å²) < 4.78 is 2.39. The largest absolute Gasteiger partial charge is 0.309 e. The summed E-state index contributed by atoms with van der Waals surface area (Å²) in [5, 5.41) is 7.89. The van der Waals surface area contributed by atoms with Crippen LogP contribution in [0.3, 0.4) is 0 Å². The third-order valence-corrected chi connectivity index (χ3v) is 13.5. The Balaban J connectivity index is 1.48. The predicted molar refractivity (Wildman–Crippen MR) is 188 cm³/mol. The standard InChI is InChI=1S/C41H30N2Si/c1-5-15-31(16-6-1)39-30-36(27-28-42-39)44(33-19-9-3-10-20-33,34-21-11-4-12-22-34)35-25-26-41-38(29-35)37-23-13-14-24-40(37)43(41)32-17-7-2-8-18-32/h1-30H. The van der Waals surface area contributed by atoms with Gasteiger partial charge in [-0.15, -0.1) is 0 Å². The number of hydrogen-bond acceptors (Lipinski definition) is 1. The Morgan fingerprint density at radius 1 is 0.409 bits per heavy atom. The van der Waals surface area contributed by atoms with Gasteiger partial charge < -0.3 is 4.57 Å². The Hall–Kier alpha value is -5.51. The lowest BCUT2D eigenvalue weighted by Crippen LogP contribution is -2.74. The second-order valence-electron chi connectivity index (χ2n) is 11.2. The van der Waals surface area contributed by atoms with E-state index in [-0.39, 0.29) is 0 Å². The third-order valence-electron chi connectivity index (χ3n) is 8.80. The molecule has 2 heterocycles. The molecule has 8 rings (SSSR count). The Labute approximate surface area is 258 Å². The second kappa shape index (κ2) is 11.0. The van der Waals surface area contributed by atoms with Crippen molar-refractivity contribution in [2.75, 3.05) is 0 Å². The first-order valence-corrected chi connectivity index (χ1v) is 17.1. The second-order valence-corrected chi connectivity index (χ2v) is 15.0. The molecular formula is C41H30N2Si. The van der Waals surface area contributed by atoms with Gasteiger partial charge in [-0.1, -0.05) is 140 Å². The zero-order valence-corrected chi connectivity index (χ0v) is 25.2. The van der Waals surface area contributed by atoms with Crippen LogP contribution in [0.25, 0.3) is 38.8 Å². The van der Waals surface area contributed by atoms with Crippen LogP contribution in [0.1, 0.15) is 0 Å². The van der Waals surface area contributed by atoms with Crippen LogP contribution in [-0.2, 0) is 0 Å². The van der Waals surface area contributed by atoms with Gasteiger partial charge in [0.1, 0.15) is 0 Å². The van der Waals surface area contributed by atoms with E-state index < -0.39 is 8.07 Å². The molecule has 0 fully saturated rings. The molecule has 0 atom stereocenters. The normalized spacial score (nSPS) is 11.6. The van der Waals surface area contributed by atoms with Gasteiger partial charge >= 0.3 is 0 Å². The van der Waals surface area contributed by atoms with Crippen molar-refractivity contribution in [3.8, 4) is 16.9 Å². The number of rotatable bonds is 6. The fraction of sp³-hybridized carbons (Fsp3) is 0. The summed E-state index contributed by atoms with van der Waals surface area (Å²) in [4.78, 5) is 4.85. The fourth-order valence-electron chi connectivity index (χ4n) is 6.87. The zero-order chi connectivity index (χ0) is 29.3. The maximum atomic E-state index is 4.85. The van der Waals surface area contributed by atoms with Crippen LogP contribution in [0.5, 0.6) is 0 Å². The molecule has 8 aromatic rings. The summed E-state index contributed by atoms with van der Waals surface area (Å²) in [6, 6.07) is 64.0. The van der Waals surface area contributed by atoms with Crippen molar-refractivity contribution in [1.29, 1.82) is 0 Å². The van der Waals surface area contributed by atoms with Crippen LogP contribution >= 0.6 is 0 Å². The topological polar surface area (TPSA) is 17.8 Å². The SMILES string of the molecule is c1ccc(-c2cc([Si](c3ccccc3)(c3ccccc3)c3ccc4c(c3)c3ccccc3n4-c3ccccc3)ccn2)cc1. The molecule has 0 unspecified atom stereocenters. The fourth-order valence-corrected chi connectivity index (χ4v) is 11.6. The number of aromatic nitrogens is 2. The zero-order valence-electron chi connectivity index (χ0n) is 24.2. The van der Waals surface area contributed by atoms with Crippen LogP contribution in [0.4, 0.5) is 0 Å². The van der Waals surface area contributed by atoms with Gasteiger partial charge in [-0.3, -0.25) is 4.98 Å².